The summed E-state index contributed by atoms with van der Waals surface area (Å²) in [7, 11) is 0. The van der Waals surface area contributed by atoms with Gasteiger partial charge in [-0.15, -0.1) is 0 Å². The maximum atomic E-state index is 10.6. The van der Waals surface area contributed by atoms with Crippen LogP contribution in [0.4, 0.5) is 0 Å². The highest BCUT2D eigenvalue weighted by molar-refractivity contribution is 6.31. The van der Waals surface area contributed by atoms with Gasteiger partial charge < -0.3 is 10.6 Å². The summed E-state index contributed by atoms with van der Waals surface area (Å²) in [4.78, 5) is 10.6. The zero-order chi connectivity index (χ0) is 12.7. The largest absolute Gasteiger partial charge is 0.355 e. The topological polar surface area (TPSA) is 64.9 Å². The Kier molecular flexibility index (Phi) is 5.47. The molecule has 0 saturated heterocycles. The number of nitrogens with one attached hydrogen (secondary N) is 2. The van der Waals surface area contributed by atoms with Gasteiger partial charge in [-0.3, -0.25) is 4.79 Å². The highest BCUT2D eigenvalue weighted by atomic mass is 35.5. The zero-order valence-electron chi connectivity index (χ0n) is 9.59. The van der Waals surface area contributed by atoms with Crippen molar-refractivity contribution in [1.82, 2.24) is 10.6 Å². The maximum absolute atomic E-state index is 10.6. The summed E-state index contributed by atoms with van der Waals surface area (Å²) < 4.78 is 0. The van der Waals surface area contributed by atoms with Crippen LogP contribution >= 0.6 is 11.6 Å². The number of nitrogens with zero attached hydrogens (tertiary/aromatic N) is 1. The van der Waals surface area contributed by atoms with Gasteiger partial charge in [-0.1, -0.05) is 17.7 Å². The first kappa shape index (κ1) is 13.5. The van der Waals surface area contributed by atoms with Crippen molar-refractivity contribution < 1.29 is 4.79 Å². The first-order chi connectivity index (χ1) is 8.13. The van der Waals surface area contributed by atoms with E-state index in [4.69, 9.17) is 16.9 Å². The molecule has 17 heavy (non-hydrogen) atoms. The van der Waals surface area contributed by atoms with E-state index in [1.54, 1.807) is 12.1 Å². The molecule has 0 spiro atoms. The first-order valence-corrected chi connectivity index (χ1v) is 5.65. The lowest BCUT2D eigenvalue weighted by Gasteiger charge is -2.07. The summed E-state index contributed by atoms with van der Waals surface area (Å²) in [6, 6.07) is 7.24. The van der Waals surface area contributed by atoms with Crippen LogP contribution in [0.5, 0.6) is 0 Å². The quantitative estimate of drug-likeness (QED) is 0.779. The lowest BCUT2D eigenvalue weighted by Crippen LogP contribution is -2.29. The second-order valence-electron chi connectivity index (χ2n) is 3.58. The SMILES string of the molecule is CC(=O)NCCNCc1ccc(C#N)cc1Cl. The van der Waals surface area contributed by atoms with Crippen molar-refractivity contribution in [2.45, 2.75) is 13.5 Å². The molecule has 0 aliphatic carbocycles. The molecule has 0 bridgehead atoms. The fourth-order valence-corrected chi connectivity index (χ4v) is 1.56. The third kappa shape index (κ3) is 4.85. The molecule has 0 aliphatic rings. The summed E-state index contributed by atoms with van der Waals surface area (Å²) in [5.74, 6) is -0.0387. The second kappa shape index (κ2) is 6.89. The van der Waals surface area contributed by atoms with E-state index in [1.807, 2.05) is 12.1 Å². The van der Waals surface area contributed by atoms with Crippen molar-refractivity contribution >= 4 is 17.5 Å². The van der Waals surface area contributed by atoms with Gasteiger partial charge in [0, 0.05) is 31.6 Å². The van der Waals surface area contributed by atoms with Crippen LogP contribution in [-0.4, -0.2) is 19.0 Å². The Balaban J connectivity index is 2.37. The Morgan fingerprint density at radius 2 is 2.24 bits per heavy atom. The molecule has 0 heterocycles. The normalized spacial score (nSPS) is 9.71. The molecule has 0 fully saturated rings. The van der Waals surface area contributed by atoms with E-state index in [0.29, 0.717) is 30.2 Å². The van der Waals surface area contributed by atoms with Crippen LogP contribution in [0.2, 0.25) is 5.02 Å². The summed E-state index contributed by atoms with van der Waals surface area (Å²) in [6.07, 6.45) is 0. The van der Waals surface area contributed by atoms with Crippen LogP contribution < -0.4 is 10.6 Å². The average Bonchev–Trinajstić information content (AvgIpc) is 2.30. The smallest absolute Gasteiger partial charge is 0.216 e. The molecule has 1 aromatic carbocycles. The van der Waals surface area contributed by atoms with Crippen LogP contribution in [0, 0.1) is 11.3 Å². The van der Waals surface area contributed by atoms with Gasteiger partial charge in [0.2, 0.25) is 5.91 Å². The van der Waals surface area contributed by atoms with E-state index in [-0.39, 0.29) is 5.91 Å². The van der Waals surface area contributed by atoms with E-state index < -0.39 is 0 Å². The molecule has 90 valence electrons. The Labute approximate surface area is 106 Å². The maximum Gasteiger partial charge on any atom is 0.216 e. The molecule has 1 amide bonds. The van der Waals surface area contributed by atoms with E-state index in [1.165, 1.54) is 6.92 Å². The van der Waals surface area contributed by atoms with Gasteiger partial charge in [0.1, 0.15) is 0 Å². The average molecular weight is 252 g/mol. The molecule has 0 atom stereocenters. The predicted octanol–water partition coefficient (Wildman–Crippen LogP) is 1.44. The van der Waals surface area contributed by atoms with Crippen LogP contribution in [0.25, 0.3) is 0 Å². The number of hydrogen-bond acceptors (Lipinski definition) is 3. The molecule has 5 heteroatoms. The molecular weight excluding hydrogens is 238 g/mol. The van der Waals surface area contributed by atoms with Crippen LogP contribution in [0.15, 0.2) is 18.2 Å². The minimum Gasteiger partial charge on any atom is -0.355 e. The van der Waals surface area contributed by atoms with Gasteiger partial charge in [0.25, 0.3) is 0 Å². The van der Waals surface area contributed by atoms with Gasteiger partial charge in [0.05, 0.1) is 11.6 Å². The number of rotatable bonds is 5. The Morgan fingerprint density at radius 3 is 2.82 bits per heavy atom. The summed E-state index contributed by atoms with van der Waals surface area (Å²) in [5.41, 5.74) is 1.49. The van der Waals surface area contributed by atoms with Crippen LogP contribution in [0.1, 0.15) is 18.1 Å². The molecule has 0 aliphatic heterocycles. The number of hydrogen-bond donors (Lipinski definition) is 2. The summed E-state index contributed by atoms with van der Waals surface area (Å²) in [6.45, 7) is 3.36. The van der Waals surface area contributed by atoms with Crippen molar-refractivity contribution in [3.05, 3.63) is 34.3 Å². The number of nitriles is 1. The monoisotopic (exact) mass is 251 g/mol. The Morgan fingerprint density at radius 1 is 1.47 bits per heavy atom. The lowest BCUT2D eigenvalue weighted by molar-refractivity contribution is -0.118. The van der Waals surface area contributed by atoms with E-state index in [2.05, 4.69) is 10.6 Å². The number of benzene rings is 1. The third-order valence-electron chi connectivity index (χ3n) is 2.17. The zero-order valence-corrected chi connectivity index (χ0v) is 10.3. The predicted molar refractivity (Wildman–Crippen MR) is 66.6 cm³/mol. The summed E-state index contributed by atoms with van der Waals surface area (Å²) >= 11 is 6.01. The Hall–Kier alpha value is -1.57. The van der Waals surface area contributed by atoms with E-state index in [9.17, 15) is 4.79 Å². The third-order valence-corrected chi connectivity index (χ3v) is 2.53. The standard InChI is InChI=1S/C12H14ClN3O/c1-9(17)16-5-4-15-8-11-3-2-10(7-14)6-12(11)13/h2-3,6,15H,4-5,8H2,1H3,(H,16,17). The minimum atomic E-state index is -0.0387. The number of halogens is 1. The molecule has 1 rings (SSSR count). The molecule has 1 aromatic rings. The number of amides is 1. The van der Waals surface area contributed by atoms with Crippen molar-refractivity contribution in [1.29, 1.82) is 5.26 Å². The first-order valence-electron chi connectivity index (χ1n) is 5.27. The molecule has 0 unspecified atom stereocenters. The van der Waals surface area contributed by atoms with Crippen molar-refractivity contribution in [2.24, 2.45) is 0 Å². The van der Waals surface area contributed by atoms with Gasteiger partial charge in [-0.2, -0.15) is 5.26 Å². The van der Waals surface area contributed by atoms with E-state index >= 15 is 0 Å². The van der Waals surface area contributed by atoms with Crippen LogP contribution in [-0.2, 0) is 11.3 Å². The van der Waals surface area contributed by atoms with Crippen molar-refractivity contribution in [2.75, 3.05) is 13.1 Å². The lowest BCUT2D eigenvalue weighted by atomic mass is 10.1. The molecule has 2 N–H and O–H groups in total. The van der Waals surface area contributed by atoms with Crippen molar-refractivity contribution in [3.8, 4) is 6.07 Å². The highest BCUT2D eigenvalue weighted by Crippen LogP contribution is 2.17. The second-order valence-corrected chi connectivity index (χ2v) is 3.98. The molecule has 4 nitrogen and oxygen atoms in total. The van der Waals surface area contributed by atoms with Gasteiger partial charge >= 0.3 is 0 Å². The fourth-order valence-electron chi connectivity index (χ4n) is 1.31. The number of carbonyl (C=O) groups is 1. The molecular formula is C12H14ClN3O. The molecule has 0 saturated carbocycles. The van der Waals surface area contributed by atoms with Gasteiger partial charge in [-0.05, 0) is 17.7 Å². The summed E-state index contributed by atoms with van der Waals surface area (Å²) in [5, 5.41) is 15.1. The minimum absolute atomic E-state index is 0.0387. The fraction of sp³-hybridized carbons (Fsp3) is 0.333. The van der Waals surface area contributed by atoms with Gasteiger partial charge in [-0.25, -0.2) is 0 Å². The van der Waals surface area contributed by atoms with Crippen LogP contribution in [0.3, 0.4) is 0 Å². The van der Waals surface area contributed by atoms with Crippen molar-refractivity contribution in [3.63, 3.8) is 0 Å². The van der Waals surface area contributed by atoms with E-state index in [0.717, 1.165) is 5.56 Å². The van der Waals surface area contributed by atoms with Gasteiger partial charge in [0.15, 0.2) is 0 Å². The highest BCUT2D eigenvalue weighted by Gasteiger charge is 2.01. The number of carbonyl (C=O) groups excluding carboxylic acids is 1. The molecule has 0 radical (unpaired) electrons. The molecule has 0 aromatic heterocycles. The Bertz CT molecular complexity index is 440.